The van der Waals surface area contributed by atoms with Crippen LogP contribution in [0.25, 0.3) is 11.3 Å². The minimum Gasteiger partial charge on any atom is -0.493 e. The molecule has 2 N–H and O–H groups in total. The van der Waals surface area contributed by atoms with Gasteiger partial charge in [0.15, 0.2) is 16.3 Å². The van der Waals surface area contributed by atoms with E-state index in [1.807, 2.05) is 6.07 Å². The van der Waals surface area contributed by atoms with Crippen LogP contribution in [0.5, 0.6) is 11.5 Å². The summed E-state index contributed by atoms with van der Waals surface area (Å²) < 4.78 is 10.5. The van der Waals surface area contributed by atoms with E-state index in [4.69, 9.17) is 27.0 Å². The summed E-state index contributed by atoms with van der Waals surface area (Å²) in [5.74, 6) is 1.05. The highest BCUT2D eigenvalue weighted by Gasteiger charge is 2.12. The van der Waals surface area contributed by atoms with E-state index in [1.54, 1.807) is 18.2 Å². The summed E-state index contributed by atoms with van der Waals surface area (Å²) in [6.07, 6.45) is 0. The average Bonchev–Trinajstić information content (AvgIpc) is 2.45. The van der Waals surface area contributed by atoms with Crippen LogP contribution in [0.4, 0.5) is 0 Å². The number of nitriles is 1. The van der Waals surface area contributed by atoms with E-state index >= 15 is 0 Å². The number of aromatic amines is 2. The molecule has 0 aliphatic heterocycles. The van der Waals surface area contributed by atoms with E-state index in [2.05, 4.69) is 9.97 Å². The number of benzene rings is 1. The average molecular weight is 289 g/mol. The zero-order chi connectivity index (χ0) is 14.7. The van der Waals surface area contributed by atoms with Crippen LogP contribution >= 0.6 is 12.2 Å². The second kappa shape index (κ2) is 5.59. The van der Waals surface area contributed by atoms with Gasteiger partial charge in [-0.25, -0.2) is 0 Å². The van der Waals surface area contributed by atoms with Gasteiger partial charge in [0, 0.05) is 5.56 Å². The first kappa shape index (κ1) is 13.8. The van der Waals surface area contributed by atoms with Crippen molar-refractivity contribution < 1.29 is 9.47 Å². The van der Waals surface area contributed by atoms with E-state index in [1.165, 1.54) is 14.2 Å². The second-order valence-electron chi connectivity index (χ2n) is 3.84. The molecule has 1 aromatic carbocycles. The maximum atomic E-state index is 11.7. The molecule has 0 saturated carbocycles. The maximum Gasteiger partial charge on any atom is 0.270 e. The van der Waals surface area contributed by atoms with Crippen molar-refractivity contribution in [2.24, 2.45) is 0 Å². The molecule has 0 bridgehead atoms. The van der Waals surface area contributed by atoms with Gasteiger partial charge in [-0.2, -0.15) is 5.26 Å². The largest absolute Gasteiger partial charge is 0.493 e. The van der Waals surface area contributed by atoms with Crippen LogP contribution in [0.1, 0.15) is 5.56 Å². The Kier molecular flexibility index (Phi) is 3.86. The lowest BCUT2D eigenvalue weighted by Crippen LogP contribution is -2.13. The number of ether oxygens (including phenoxy) is 2. The van der Waals surface area contributed by atoms with Crippen molar-refractivity contribution in [3.63, 3.8) is 0 Å². The number of rotatable bonds is 3. The van der Waals surface area contributed by atoms with Crippen molar-refractivity contribution >= 4 is 12.2 Å². The molecule has 2 aromatic rings. The Bertz CT molecular complexity index is 802. The Morgan fingerprint density at radius 3 is 2.50 bits per heavy atom. The zero-order valence-corrected chi connectivity index (χ0v) is 11.6. The van der Waals surface area contributed by atoms with Gasteiger partial charge in [0.1, 0.15) is 11.6 Å². The van der Waals surface area contributed by atoms with Gasteiger partial charge in [-0.15, -0.1) is 0 Å². The molecule has 102 valence electrons. The third-order valence-corrected chi connectivity index (χ3v) is 2.93. The molecule has 20 heavy (non-hydrogen) atoms. The molecule has 1 aromatic heterocycles. The molecule has 2 rings (SSSR count). The summed E-state index contributed by atoms with van der Waals surface area (Å²) in [6.45, 7) is 0. The fraction of sp³-hybridized carbons (Fsp3) is 0.154. The first-order valence-corrected chi connectivity index (χ1v) is 6.00. The lowest BCUT2D eigenvalue weighted by molar-refractivity contribution is 0.355. The van der Waals surface area contributed by atoms with Crippen molar-refractivity contribution in [1.82, 2.24) is 9.97 Å². The van der Waals surface area contributed by atoms with Gasteiger partial charge < -0.3 is 14.5 Å². The molecule has 7 heteroatoms. The predicted octanol–water partition coefficient (Wildman–Crippen LogP) is 1.99. The van der Waals surface area contributed by atoms with Crippen molar-refractivity contribution in [1.29, 1.82) is 5.26 Å². The van der Waals surface area contributed by atoms with Crippen LogP contribution in [0.2, 0.25) is 0 Å². The van der Waals surface area contributed by atoms with Crippen LogP contribution in [0.15, 0.2) is 23.0 Å². The van der Waals surface area contributed by atoms with Crippen molar-refractivity contribution in [3.8, 4) is 28.8 Å². The third kappa shape index (κ3) is 2.41. The Balaban J connectivity index is 2.72. The van der Waals surface area contributed by atoms with Gasteiger partial charge in [0.05, 0.1) is 19.9 Å². The van der Waals surface area contributed by atoms with E-state index in [0.717, 1.165) is 0 Å². The van der Waals surface area contributed by atoms with Gasteiger partial charge in [-0.1, -0.05) is 0 Å². The highest BCUT2D eigenvalue weighted by molar-refractivity contribution is 7.71. The number of nitrogens with one attached hydrogen (secondary N) is 2. The van der Waals surface area contributed by atoms with Crippen molar-refractivity contribution in [2.75, 3.05) is 14.2 Å². The number of aromatic nitrogens is 2. The van der Waals surface area contributed by atoms with Crippen LogP contribution < -0.4 is 15.0 Å². The first-order chi connectivity index (χ1) is 9.60. The highest BCUT2D eigenvalue weighted by Crippen LogP contribution is 2.31. The summed E-state index contributed by atoms with van der Waals surface area (Å²) in [4.78, 5) is 16.9. The summed E-state index contributed by atoms with van der Waals surface area (Å²) in [5, 5.41) is 9.10. The summed E-state index contributed by atoms with van der Waals surface area (Å²) in [6, 6.07) is 6.93. The van der Waals surface area contributed by atoms with Crippen LogP contribution in [-0.4, -0.2) is 24.2 Å². The molecular weight excluding hydrogens is 278 g/mol. The molecule has 0 radical (unpaired) electrons. The zero-order valence-electron chi connectivity index (χ0n) is 10.8. The number of H-pyrrole nitrogens is 2. The van der Waals surface area contributed by atoms with Gasteiger partial charge in [-0.3, -0.25) is 9.78 Å². The smallest absolute Gasteiger partial charge is 0.270 e. The van der Waals surface area contributed by atoms with Crippen LogP contribution in [0, 0.1) is 16.1 Å². The van der Waals surface area contributed by atoms with Crippen LogP contribution in [0.3, 0.4) is 0 Å². The lowest BCUT2D eigenvalue weighted by Gasteiger charge is -2.10. The molecule has 0 saturated heterocycles. The third-order valence-electron chi connectivity index (χ3n) is 2.73. The summed E-state index contributed by atoms with van der Waals surface area (Å²) in [5.41, 5.74) is 0.394. The summed E-state index contributed by atoms with van der Waals surface area (Å²) >= 11 is 4.93. The molecule has 0 aliphatic rings. The van der Waals surface area contributed by atoms with E-state index < -0.39 is 5.56 Å². The fourth-order valence-electron chi connectivity index (χ4n) is 1.80. The molecule has 0 spiro atoms. The SMILES string of the molecule is COc1ccc(-c2[nH]c(=S)[nH]c(=O)c2C#N)cc1OC. The summed E-state index contributed by atoms with van der Waals surface area (Å²) in [7, 11) is 3.03. The minimum atomic E-state index is -0.527. The van der Waals surface area contributed by atoms with Crippen molar-refractivity contribution in [3.05, 3.63) is 38.9 Å². The van der Waals surface area contributed by atoms with Gasteiger partial charge in [-0.05, 0) is 30.4 Å². The minimum absolute atomic E-state index is 0.0363. The standard InChI is InChI=1S/C13H11N3O3S/c1-18-9-4-3-7(5-10(9)19-2)11-8(6-14)12(17)16-13(20)15-11/h3-5H,1-2H3,(H2,15,16,17,20). The predicted molar refractivity (Wildman–Crippen MR) is 75.5 cm³/mol. The molecule has 0 amide bonds. The monoisotopic (exact) mass is 289 g/mol. The number of methoxy groups -OCH3 is 2. The fourth-order valence-corrected chi connectivity index (χ4v) is 2.00. The first-order valence-electron chi connectivity index (χ1n) is 5.59. The number of nitrogens with zero attached hydrogens (tertiary/aromatic N) is 1. The lowest BCUT2D eigenvalue weighted by atomic mass is 10.1. The van der Waals surface area contributed by atoms with Gasteiger partial charge >= 0.3 is 0 Å². The quantitative estimate of drug-likeness (QED) is 0.843. The molecule has 1 heterocycles. The van der Waals surface area contributed by atoms with E-state index in [-0.39, 0.29) is 10.3 Å². The number of hydrogen-bond acceptors (Lipinski definition) is 5. The van der Waals surface area contributed by atoms with E-state index in [0.29, 0.717) is 22.8 Å². The Morgan fingerprint density at radius 2 is 1.90 bits per heavy atom. The van der Waals surface area contributed by atoms with Gasteiger partial charge in [0.2, 0.25) is 0 Å². The van der Waals surface area contributed by atoms with E-state index in [9.17, 15) is 4.79 Å². The van der Waals surface area contributed by atoms with Gasteiger partial charge in [0.25, 0.3) is 5.56 Å². The topological polar surface area (TPSA) is 90.9 Å². The maximum absolute atomic E-state index is 11.7. The molecule has 0 fully saturated rings. The molecular formula is C13H11N3O3S. The molecule has 0 atom stereocenters. The molecule has 0 aliphatic carbocycles. The Labute approximate surface area is 119 Å². The van der Waals surface area contributed by atoms with Crippen molar-refractivity contribution in [2.45, 2.75) is 0 Å². The Morgan fingerprint density at radius 1 is 1.20 bits per heavy atom. The van der Waals surface area contributed by atoms with Crippen LogP contribution in [-0.2, 0) is 0 Å². The molecule has 0 unspecified atom stereocenters. The Hall–Kier alpha value is -2.59. The molecule has 6 nitrogen and oxygen atoms in total. The second-order valence-corrected chi connectivity index (χ2v) is 4.25. The normalized spacial score (nSPS) is 9.85. The number of hydrogen-bond donors (Lipinski definition) is 2. The highest BCUT2D eigenvalue weighted by atomic mass is 32.1.